The molecule has 3 aromatic carbocycles. The molecule has 0 bridgehead atoms. The van der Waals surface area contributed by atoms with Crippen LogP contribution in [-0.4, -0.2) is 9.97 Å². The van der Waals surface area contributed by atoms with E-state index in [0.717, 1.165) is 11.0 Å². The van der Waals surface area contributed by atoms with Gasteiger partial charge in [0.05, 0.1) is 16.6 Å². The summed E-state index contributed by atoms with van der Waals surface area (Å²) >= 11 is 0. The molecule has 0 amide bonds. The normalized spacial score (nSPS) is 10.8. The molecule has 112 valence electrons. The lowest BCUT2D eigenvalue weighted by Gasteiger charge is -2.09. The van der Waals surface area contributed by atoms with E-state index in [0.29, 0.717) is 22.9 Å². The molecular formula is C19H13FN2O. The molecule has 3 nitrogen and oxygen atoms in total. The minimum Gasteiger partial charge on any atom is -0.456 e. The first kappa shape index (κ1) is 13.5. The van der Waals surface area contributed by atoms with Crippen LogP contribution in [0.2, 0.25) is 0 Å². The maximum atomic E-state index is 13.7. The molecule has 4 aromatic rings. The third-order valence-corrected chi connectivity index (χ3v) is 3.56. The summed E-state index contributed by atoms with van der Waals surface area (Å²) in [4.78, 5) is 7.80. The number of para-hydroxylation sites is 3. The van der Waals surface area contributed by atoms with Crippen molar-refractivity contribution in [3.8, 4) is 22.9 Å². The summed E-state index contributed by atoms with van der Waals surface area (Å²) in [6.07, 6.45) is 0. The molecule has 0 aliphatic rings. The van der Waals surface area contributed by atoms with Crippen molar-refractivity contribution in [1.82, 2.24) is 9.97 Å². The van der Waals surface area contributed by atoms with Gasteiger partial charge in [-0.05, 0) is 36.4 Å². The summed E-state index contributed by atoms with van der Waals surface area (Å²) in [7, 11) is 0. The topological polar surface area (TPSA) is 37.9 Å². The highest BCUT2D eigenvalue weighted by atomic mass is 19.1. The van der Waals surface area contributed by atoms with E-state index in [-0.39, 0.29) is 5.82 Å². The number of ether oxygens (including phenoxy) is 1. The summed E-state index contributed by atoms with van der Waals surface area (Å²) in [5, 5.41) is 0. The summed E-state index contributed by atoms with van der Waals surface area (Å²) in [5.41, 5.74) is 2.50. The largest absolute Gasteiger partial charge is 0.456 e. The highest BCUT2D eigenvalue weighted by Crippen LogP contribution is 2.33. The van der Waals surface area contributed by atoms with Crippen molar-refractivity contribution in [1.29, 1.82) is 0 Å². The first-order valence-corrected chi connectivity index (χ1v) is 7.27. The fourth-order valence-corrected chi connectivity index (χ4v) is 2.47. The minimum absolute atomic E-state index is 0.351. The van der Waals surface area contributed by atoms with E-state index in [1.54, 1.807) is 6.07 Å². The van der Waals surface area contributed by atoms with Crippen LogP contribution in [0.3, 0.4) is 0 Å². The number of nitrogens with zero attached hydrogens (tertiary/aromatic N) is 1. The molecule has 0 atom stereocenters. The van der Waals surface area contributed by atoms with Gasteiger partial charge in [-0.15, -0.1) is 0 Å². The predicted octanol–water partition coefficient (Wildman–Crippen LogP) is 5.16. The third-order valence-electron chi connectivity index (χ3n) is 3.56. The second-order valence-electron chi connectivity index (χ2n) is 5.16. The van der Waals surface area contributed by atoms with Crippen LogP contribution in [0.25, 0.3) is 22.4 Å². The molecule has 0 aliphatic carbocycles. The molecule has 0 unspecified atom stereocenters. The molecule has 23 heavy (non-hydrogen) atoms. The van der Waals surface area contributed by atoms with Crippen molar-refractivity contribution in [2.24, 2.45) is 0 Å². The van der Waals surface area contributed by atoms with Gasteiger partial charge in [0.25, 0.3) is 0 Å². The number of aromatic nitrogens is 2. The zero-order valence-corrected chi connectivity index (χ0v) is 12.2. The summed E-state index contributed by atoms with van der Waals surface area (Å²) < 4.78 is 19.5. The zero-order chi connectivity index (χ0) is 15.6. The molecule has 4 rings (SSSR count). The number of imidazole rings is 1. The number of benzene rings is 3. The van der Waals surface area contributed by atoms with Gasteiger partial charge in [0.1, 0.15) is 23.1 Å². The number of hydrogen-bond acceptors (Lipinski definition) is 2. The SMILES string of the molecule is Fc1ccc(-c2nc3ccccc3[nH]2)c(Oc2ccccc2)c1. The van der Waals surface area contributed by atoms with Crippen LogP contribution in [0.15, 0.2) is 72.8 Å². The van der Waals surface area contributed by atoms with Crippen molar-refractivity contribution in [2.45, 2.75) is 0 Å². The minimum atomic E-state index is -0.351. The van der Waals surface area contributed by atoms with E-state index in [9.17, 15) is 4.39 Å². The molecule has 0 aliphatic heterocycles. The summed E-state index contributed by atoms with van der Waals surface area (Å²) in [5.74, 6) is 1.37. The fourth-order valence-electron chi connectivity index (χ4n) is 2.47. The van der Waals surface area contributed by atoms with Crippen molar-refractivity contribution in [2.75, 3.05) is 0 Å². The summed E-state index contributed by atoms with van der Waals surface area (Å²) in [6, 6.07) is 21.5. The Labute approximate surface area is 132 Å². The molecule has 0 saturated carbocycles. The zero-order valence-electron chi connectivity index (χ0n) is 12.2. The van der Waals surface area contributed by atoms with Crippen LogP contribution in [0, 0.1) is 5.82 Å². The van der Waals surface area contributed by atoms with E-state index in [1.165, 1.54) is 12.1 Å². The molecule has 4 heteroatoms. The Hall–Kier alpha value is -3.14. The maximum Gasteiger partial charge on any atom is 0.142 e. The number of fused-ring (bicyclic) bond motifs is 1. The van der Waals surface area contributed by atoms with Crippen LogP contribution in [-0.2, 0) is 0 Å². The number of nitrogens with one attached hydrogen (secondary N) is 1. The number of rotatable bonds is 3. The smallest absolute Gasteiger partial charge is 0.142 e. The van der Waals surface area contributed by atoms with Crippen LogP contribution >= 0.6 is 0 Å². The second kappa shape index (κ2) is 5.57. The molecule has 0 saturated heterocycles. The number of aromatic amines is 1. The number of hydrogen-bond donors (Lipinski definition) is 1. The van der Waals surface area contributed by atoms with Crippen LogP contribution in [0.5, 0.6) is 11.5 Å². The quantitative estimate of drug-likeness (QED) is 0.567. The van der Waals surface area contributed by atoms with Gasteiger partial charge in [-0.2, -0.15) is 0 Å². The van der Waals surface area contributed by atoms with Crippen molar-refractivity contribution in [3.63, 3.8) is 0 Å². The van der Waals surface area contributed by atoms with Crippen molar-refractivity contribution >= 4 is 11.0 Å². The Morgan fingerprint density at radius 1 is 0.870 bits per heavy atom. The summed E-state index contributed by atoms with van der Waals surface area (Å²) in [6.45, 7) is 0. The number of H-pyrrole nitrogens is 1. The van der Waals surface area contributed by atoms with Gasteiger partial charge in [0, 0.05) is 6.07 Å². The molecular weight excluding hydrogens is 291 g/mol. The lowest BCUT2D eigenvalue weighted by atomic mass is 10.2. The highest BCUT2D eigenvalue weighted by Gasteiger charge is 2.13. The molecule has 0 radical (unpaired) electrons. The predicted molar refractivity (Wildman–Crippen MR) is 88.0 cm³/mol. The first-order chi connectivity index (χ1) is 11.3. The van der Waals surface area contributed by atoms with Crippen LogP contribution in [0.1, 0.15) is 0 Å². The lowest BCUT2D eigenvalue weighted by molar-refractivity contribution is 0.478. The molecule has 0 spiro atoms. The van der Waals surface area contributed by atoms with E-state index in [2.05, 4.69) is 9.97 Å². The van der Waals surface area contributed by atoms with Gasteiger partial charge in [-0.25, -0.2) is 9.37 Å². The van der Waals surface area contributed by atoms with Gasteiger partial charge < -0.3 is 9.72 Å². The Morgan fingerprint density at radius 2 is 1.65 bits per heavy atom. The maximum absolute atomic E-state index is 13.7. The van der Waals surface area contributed by atoms with Gasteiger partial charge in [0.2, 0.25) is 0 Å². The Kier molecular flexibility index (Phi) is 3.27. The van der Waals surface area contributed by atoms with Gasteiger partial charge in [-0.3, -0.25) is 0 Å². The standard InChI is InChI=1S/C19H13FN2O/c20-13-10-11-15(18(12-13)23-14-6-2-1-3-7-14)19-21-16-8-4-5-9-17(16)22-19/h1-12H,(H,21,22). The lowest BCUT2D eigenvalue weighted by Crippen LogP contribution is -1.91. The Balaban J connectivity index is 1.81. The van der Waals surface area contributed by atoms with E-state index < -0.39 is 0 Å². The van der Waals surface area contributed by atoms with Crippen LogP contribution < -0.4 is 4.74 Å². The van der Waals surface area contributed by atoms with Crippen LogP contribution in [0.4, 0.5) is 4.39 Å². The second-order valence-corrected chi connectivity index (χ2v) is 5.16. The fraction of sp³-hybridized carbons (Fsp3) is 0. The van der Waals surface area contributed by atoms with Gasteiger partial charge >= 0.3 is 0 Å². The number of halogens is 1. The highest BCUT2D eigenvalue weighted by molar-refractivity contribution is 5.80. The first-order valence-electron chi connectivity index (χ1n) is 7.27. The molecule has 1 aromatic heterocycles. The Morgan fingerprint density at radius 3 is 2.48 bits per heavy atom. The average Bonchev–Trinajstić information content (AvgIpc) is 2.99. The van der Waals surface area contributed by atoms with Crippen molar-refractivity contribution < 1.29 is 9.13 Å². The Bertz CT molecular complexity index is 930. The molecule has 1 heterocycles. The third kappa shape index (κ3) is 2.66. The van der Waals surface area contributed by atoms with E-state index in [4.69, 9.17) is 4.74 Å². The van der Waals surface area contributed by atoms with Gasteiger partial charge in [0.15, 0.2) is 0 Å². The average molecular weight is 304 g/mol. The monoisotopic (exact) mass is 304 g/mol. The molecule has 1 N–H and O–H groups in total. The van der Waals surface area contributed by atoms with Gasteiger partial charge in [-0.1, -0.05) is 30.3 Å². The van der Waals surface area contributed by atoms with Crippen molar-refractivity contribution in [3.05, 3.63) is 78.6 Å². The van der Waals surface area contributed by atoms with E-state index >= 15 is 0 Å². The molecule has 0 fully saturated rings. The van der Waals surface area contributed by atoms with E-state index in [1.807, 2.05) is 54.6 Å².